The van der Waals surface area contributed by atoms with Gasteiger partial charge < -0.3 is 0 Å². The van der Waals surface area contributed by atoms with Crippen molar-refractivity contribution in [2.45, 2.75) is 0 Å². The number of halogens is 1. The molecule has 3 N–H and O–H groups in total. The van der Waals surface area contributed by atoms with Crippen LogP contribution in [0.5, 0.6) is 17.2 Å². The summed E-state index contributed by atoms with van der Waals surface area (Å²) in [4.78, 5) is 10.6. The Hall–Kier alpha value is -1.14. The molecule has 1 aromatic carbocycles. The fourth-order valence-corrected chi connectivity index (χ4v) is 3.70. The monoisotopic (exact) mass is 414 g/mol. The van der Waals surface area contributed by atoms with E-state index in [1.165, 1.54) is 6.07 Å². The molecule has 1 aromatic rings. The van der Waals surface area contributed by atoms with Crippen molar-refractivity contribution in [1.82, 2.24) is 0 Å². The second-order valence-electron chi connectivity index (χ2n) is 2.55. The van der Waals surface area contributed by atoms with Gasteiger partial charge in [0, 0.05) is 0 Å². The fraction of sp³-hybridized carbons (Fsp3) is 0. The van der Waals surface area contributed by atoms with Crippen molar-refractivity contribution in [3.8, 4) is 17.2 Å². The molecule has 8 heteroatoms. The molecule has 82 valence electrons. The molecule has 0 aromatic heterocycles. The number of carboxylic acids is 1. The molecule has 0 unspecified atom stereocenters. The third-order valence-electron chi connectivity index (χ3n) is 1.63. The van der Waals surface area contributed by atoms with Crippen LogP contribution < -0.4 is 5.63 Å². The van der Waals surface area contributed by atoms with Gasteiger partial charge in [-0.05, 0) is 0 Å². The molecule has 2 rings (SSSR count). The Morgan fingerprint density at radius 2 is 2.00 bits per heavy atom. The summed E-state index contributed by atoms with van der Waals surface area (Å²) in [5, 5.41) is 18.0. The van der Waals surface area contributed by atoms with Crippen molar-refractivity contribution in [1.29, 1.82) is 0 Å². The van der Waals surface area contributed by atoms with E-state index in [1.54, 1.807) is 0 Å². The first-order chi connectivity index (χ1) is 6.58. The minimum atomic E-state index is -3.36. The normalized spacial score (nSPS) is 13.4. The first-order valence-electron chi connectivity index (χ1n) is 3.53. The van der Waals surface area contributed by atoms with Crippen molar-refractivity contribution >= 4 is 29.0 Å². The van der Waals surface area contributed by atoms with Gasteiger partial charge in [-0.3, -0.25) is 4.70 Å². The van der Waals surface area contributed by atoms with Crippen molar-refractivity contribution in [2.24, 2.45) is 0 Å². The first-order valence-corrected chi connectivity index (χ1v) is 7.92. The zero-order chi connectivity index (χ0) is 10.3. The average Bonchev–Trinajstić information content (AvgIpc) is 2.45. The molecule has 1 aliphatic heterocycles. The molecule has 0 spiro atoms. The van der Waals surface area contributed by atoms with Gasteiger partial charge in [-0.25, -0.2) is 0 Å². The van der Waals surface area contributed by atoms with E-state index in [9.17, 15) is 9.90 Å². The molecule has 0 bridgehead atoms. The Kier molecular flexibility index (Phi) is 3.31. The summed E-state index contributed by atoms with van der Waals surface area (Å²) in [6.07, 6.45) is 0. The van der Waals surface area contributed by atoms with Gasteiger partial charge in [0.15, 0.2) is 0 Å². The van der Waals surface area contributed by atoms with Crippen LogP contribution in [0.1, 0.15) is 10.4 Å². The predicted octanol–water partition coefficient (Wildman–Crippen LogP) is -0.00870. The van der Waals surface area contributed by atoms with E-state index < -0.39 is 29.0 Å². The molecule has 0 saturated heterocycles. The number of aromatic carboxylic acids is 1. The Balaban J connectivity index is 0.00000112. The number of benzene rings is 1. The number of hydrogen-bond acceptors (Lipinski definition) is 5. The zero-order valence-corrected chi connectivity index (χ0v) is 10.6. The average molecular weight is 414 g/mol. The minimum absolute atomic E-state index is 0. The van der Waals surface area contributed by atoms with Crippen LogP contribution in [-0.2, 0) is 0 Å². The predicted molar refractivity (Wildman–Crippen MR) is 46.8 cm³/mol. The molecule has 0 radical (unpaired) electrons. The van der Waals surface area contributed by atoms with Crippen LogP contribution in [0.3, 0.4) is 0 Å². The molecule has 0 atom stereocenters. The number of hydrogen-bond donors (Lipinski definition) is 3. The van der Waals surface area contributed by atoms with E-state index in [4.69, 9.17) is 13.9 Å². The molecule has 15 heavy (non-hydrogen) atoms. The maximum atomic E-state index is 10.6. The summed E-state index contributed by atoms with van der Waals surface area (Å²) in [6.45, 7) is 0. The number of phenolic OH excluding ortho intramolecular Hbond substituents is 1. The van der Waals surface area contributed by atoms with Crippen molar-refractivity contribution in [3.05, 3.63) is 17.7 Å². The number of carbonyl (C=O) groups is 1. The van der Waals surface area contributed by atoms with Crippen molar-refractivity contribution in [2.75, 3.05) is 0 Å². The summed E-state index contributed by atoms with van der Waals surface area (Å²) >= 11 is -3.36. The van der Waals surface area contributed by atoms with E-state index in [2.05, 4.69) is 0 Å². The maximum absolute atomic E-state index is 10.6. The third kappa shape index (κ3) is 2.10. The van der Waals surface area contributed by atoms with Crippen molar-refractivity contribution < 1.29 is 28.5 Å². The van der Waals surface area contributed by atoms with Crippen LogP contribution in [0.4, 0.5) is 4.70 Å². The van der Waals surface area contributed by atoms with Gasteiger partial charge in [-0.1, -0.05) is 0 Å². The molecule has 0 saturated carbocycles. The zero-order valence-electron chi connectivity index (χ0n) is 7.08. The van der Waals surface area contributed by atoms with Gasteiger partial charge in [-0.2, -0.15) is 0 Å². The van der Waals surface area contributed by atoms with Gasteiger partial charge in [-0.15, -0.1) is 0 Å². The number of carboxylic acid groups (broad SMARTS) is 1. The van der Waals surface area contributed by atoms with E-state index in [-0.39, 0.29) is 27.5 Å². The first kappa shape index (κ1) is 11.9. The fourth-order valence-electron chi connectivity index (χ4n) is 1.05. The molecular weight excluding hydrogens is 408 g/mol. The second kappa shape index (κ2) is 4.16. The Morgan fingerprint density at radius 3 is 2.60 bits per heavy atom. The van der Waals surface area contributed by atoms with Crippen LogP contribution >= 0.6 is 0 Å². The molecule has 0 amide bonds. The Morgan fingerprint density at radius 1 is 1.33 bits per heavy atom. The number of aromatic hydroxyl groups is 1. The van der Waals surface area contributed by atoms with Crippen LogP contribution in [0.2, 0.25) is 0 Å². The summed E-state index contributed by atoms with van der Waals surface area (Å²) in [7, 11) is 0. The number of rotatable bonds is 1. The van der Waals surface area contributed by atoms with Gasteiger partial charge >= 0.3 is 87.8 Å². The summed E-state index contributed by atoms with van der Waals surface area (Å²) in [6, 6.07) is 2.26. The second-order valence-corrected chi connectivity index (χ2v) is 5.82. The number of fused-ring (bicyclic) bond motifs is 1. The Labute approximate surface area is 92.6 Å². The van der Waals surface area contributed by atoms with Gasteiger partial charge in [0.1, 0.15) is 0 Å². The van der Waals surface area contributed by atoms with E-state index in [1.807, 2.05) is 0 Å². The molecule has 0 aliphatic carbocycles. The molecule has 1 heterocycles. The van der Waals surface area contributed by atoms with Crippen LogP contribution in [0.25, 0.3) is 0 Å². The quantitative estimate of drug-likeness (QED) is 0.560. The van der Waals surface area contributed by atoms with E-state index in [0.717, 1.165) is 6.07 Å². The summed E-state index contributed by atoms with van der Waals surface area (Å²) < 4.78 is 18.9. The third-order valence-corrected chi connectivity index (χ3v) is 4.32. The SMILES string of the molecule is F.O=C(O)c1cc(O)c2c(c1)[O][Bi]([OH])[O]2. The topological polar surface area (TPSA) is 96.2 Å². The van der Waals surface area contributed by atoms with Gasteiger partial charge in [0.05, 0.1) is 0 Å². The van der Waals surface area contributed by atoms with Gasteiger partial charge in [0.25, 0.3) is 0 Å². The van der Waals surface area contributed by atoms with Crippen LogP contribution in [-0.4, -0.2) is 42.4 Å². The molecular formula is C7H6BiFO6. The van der Waals surface area contributed by atoms with Crippen LogP contribution in [0.15, 0.2) is 12.1 Å². The van der Waals surface area contributed by atoms with E-state index >= 15 is 0 Å². The van der Waals surface area contributed by atoms with Crippen LogP contribution in [0, 0.1) is 0 Å². The molecule has 0 fully saturated rings. The summed E-state index contributed by atoms with van der Waals surface area (Å²) in [5.74, 6) is -1.37. The van der Waals surface area contributed by atoms with Crippen molar-refractivity contribution in [3.63, 3.8) is 0 Å². The standard InChI is InChI=1S/C7H6O5.Bi.FH.H2O/c8-4-1-3(7(11)12)2-5(9)6(4)10;;;/h1-2,8-10H,(H,11,12);;1H;1H2/q;+3;;/p-3. The summed E-state index contributed by atoms with van der Waals surface area (Å²) in [5.41, 5.74) is -0.107. The molecule has 1 aliphatic rings. The molecule has 6 nitrogen and oxygen atoms in total. The Bertz CT molecular complexity index is 409. The number of phenols is 1. The van der Waals surface area contributed by atoms with Gasteiger partial charge in [0.2, 0.25) is 0 Å². The van der Waals surface area contributed by atoms with E-state index in [0.29, 0.717) is 0 Å².